The summed E-state index contributed by atoms with van der Waals surface area (Å²) in [6.07, 6.45) is 3.35. The van der Waals surface area contributed by atoms with Gasteiger partial charge in [-0.1, -0.05) is 27.6 Å². The number of aromatic nitrogens is 1. The molecule has 0 aliphatic rings. The topological polar surface area (TPSA) is 4.93 Å². The van der Waals surface area contributed by atoms with E-state index in [1.165, 1.54) is 22.9 Å². The molecule has 0 spiro atoms. The molecule has 0 fully saturated rings. The Hall–Kier alpha value is -0.760. The zero-order chi connectivity index (χ0) is 9.97. The highest BCUT2D eigenvalue weighted by Crippen LogP contribution is 2.17. The highest BCUT2D eigenvalue weighted by Gasteiger charge is 1.99. The van der Waals surface area contributed by atoms with Crippen LogP contribution >= 0.6 is 15.9 Å². The van der Waals surface area contributed by atoms with E-state index in [0.717, 1.165) is 11.9 Å². The van der Waals surface area contributed by atoms with Crippen molar-refractivity contribution in [2.24, 2.45) is 0 Å². The maximum atomic E-state index is 3.46. The van der Waals surface area contributed by atoms with Gasteiger partial charge in [-0.15, -0.1) is 0 Å². The number of halogens is 1. The molecular weight excluding hydrogens is 238 g/mol. The number of aryl methyl sites for hydroxylation is 2. The summed E-state index contributed by atoms with van der Waals surface area (Å²) >= 11 is 3.46. The number of benzene rings is 1. The summed E-state index contributed by atoms with van der Waals surface area (Å²) in [6.45, 7) is 3.23. The fourth-order valence-electron chi connectivity index (χ4n) is 1.74. The molecule has 0 saturated carbocycles. The van der Waals surface area contributed by atoms with Crippen LogP contribution in [0.3, 0.4) is 0 Å². The molecule has 0 aliphatic heterocycles. The fraction of sp³-hybridized carbons (Fsp3) is 0.333. The van der Waals surface area contributed by atoms with Crippen LogP contribution in [0.15, 0.2) is 30.5 Å². The maximum absolute atomic E-state index is 3.46. The normalized spacial score (nSPS) is 11.0. The van der Waals surface area contributed by atoms with Crippen LogP contribution in [0.5, 0.6) is 0 Å². The van der Waals surface area contributed by atoms with Crippen molar-refractivity contribution >= 4 is 26.8 Å². The lowest BCUT2D eigenvalue weighted by Gasteiger charge is -2.03. The van der Waals surface area contributed by atoms with Crippen molar-refractivity contribution in [3.63, 3.8) is 0 Å². The van der Waals surface area contributed by atoms with Crippen LogP contribution in [0.2, 0.25) is 0 Å². The Morgan fingerprint density at radius 1 is 1.29 bits per heavy atom. The number of nitrogens with zero attached hydrogens (tertiary/aromatic N) is 1. The second kappa shape index (κ2) is 4.18. The lowest BCUT2D eigenvalue weighted by molar-refractivity contribution is 0.711. The Morgan fingerprint density at radius 3 is 2.93 bits per heavy atom. The van der Waals surface area contributed by atoms with Gasteiger partial charge in [0.25, 0.3) is 0 Å². The summed E-state index contributed by atoms with van der Waals surface area (Å²) in [5.41, 5.74) is 2.67. The molecule has 14 heavy (non-hydrogen) atoms. The number of fused-ring (bicyclic) bond motifs is 1. The van der Waals surface area contributed by atoms with Crippen LogP contribution in [0.1, 0.15) is 12.0 Å². The van der Waals surface area contributed by atoms with Crippen molar-refractivity contribution < 1.29 is 0 Å². The van der Waals surface area contributed by atoms with Gasteiger partial charge in [0.2, 0.25) is 0 Å². The van der Waals surface area contributed by atoms with E-state index in [1.54, 1.807) is 0 Å². The minimum absolute atomic E-state index is 1.07. The van der Waals surface area contributed by atoms with Gasteiger partial charge in [0.15, 0.2) is 0 Å². The number of hydrogen-bond donors (Lipinski definition) is 0. The second-order valence-corrected chi connectivity index (χ2v) is 4.41. The molecule has 0 saturated heterocycles. The molecule has 0 unspecified atom stereocenters. The van der Waals surface area contributed by atoms with E-state index in [-0.39, 0.29) is 0 Å². The molecule has 0 atom stereocenters. The summed E-state index contributed by atoms with van der Waals surface area (Å²) in [7, 11) is 0. The van der Waals surface area contributed by atoms with E-state index < -0.39 is 0 Å². The van der Waals surface area contributed by atoms with Crippen molar-refractivity contribution in [2.75, 3.05) is 5.33 Å². The molecule has 2 heteroatoms. The van der Waals surface area contributed by atoms with Crippen molar-refractivity contribution in [3.05, 3.63) is 36.0 Å². The summed E-state index contributed by atoms with van der Waals surface area (Å²) in [4.78, 5) is 0. The lowest BCUT2D eigenvalue weighted by atomic mass is 10.2. The fourth-order valence-corrected chi connectivity index (χ4v) is 2.00. The van der Waals surface area contributed by atoms with Crippen LogP contribution in [-0.4, -0.2) is 9.90 Å². The minimum atomic E-state index is 1.07. The molecule has 0 N–H and O–H groups in total. The Bertz CT molecular complexity index is 431. The van der Waals surface area contributed by atoms with E-state index in [0.29, 0.717) is 0 Å². The molecular formula is C12H14BrN. The molecule has 1 aromatic heterocycles. The summed E-state index contributed by atoms with van der Waals surface area (Å²) < 4.78 is 2.32. The lowest BCUT2D eigenvalue weighted by Crippen LogP contribution is -1.95. The third-order valence-corrected chi connectivity index (χ3v) is 3.02. The molecule has 2 aromatic rings. The summed E-state index contributed by atoms with van der Waals surface area (Å²) in [5.74, 6) is 0. The Balaban J connectivity index is 2.37. The number of alkyl halides is 1. The van der Waals surface area contributed by atoms with Gasteiger partial charge in [-0.25, -0.2) is 0 Å². The van der Waals surface area contributed by atoms with Crippen molar-refractivity contribution in [1.29, 1.82) is 0 Å². The van der Waals surface area contributed by atoms with Gasteiger partial charge in [-0.2, -0.15) is 0 Å². The first-order chi connectivity index (χ1) is 6.81. The molecule has 1 aromatic carbocycles. The number of rotatable bonds is 3. The van der Waals surface area contributed by atoms with Gasteiger partial charge < -0.3 is 4.57 Å². The van der Waals surface area contributed by atoms with E-state index in [9.17, 15) is 0 Å². The smallest absolute Gasteiger partial charge is 0.0480 e. The molecule has 2 rings (SSSR count). The Kier molecular flexibility index (Phi) is 2.92. The van der Waals surface area contributed by atoms with Crippen LogP contribution in [-0.2, 0) is 6.54 Å². The molecule has 1 nitrogen and oxygen atoms in total. The van der Waals surface area contributed by atoms with Gasteiger partial charge >= 0.3 is 0 Å². The quantitative estimate of drug-likeness (QED) is 0.733. The zero-order valence-electron chi connectivity index (χ0n) is 8.33. The largest absolute Gasteiger partial charge is 0.347 e. The third kappa shape index (κ3) is 1.85. The predicted octanol–water partition coefficient (Wildman–Crippen LogP) is 3.73. The van der Waals surface area contributed by atoms with Crippen molar-refractivity contribution in [1.82, 2.24) is 4.57 Å². The molecule has 0 amide bonds. The van der Waals surface area contributed by atoms with E-state index >= 15 is 0 Å². The Labute approximate surface area is 92.9 Å². The molecule has 0 bridgehead atoms. The SMILES string of the molecule is Cc1ccc2c(ccn2CCCBr)c1. The molecule has 0 aliphatic carbocycles. The Morgan fingerprint density at radius 2 is 2.14 bits per heavy atom. The summed E-state index contributed by atoms with van der Waals surface area (Å²) in [5, 5.41) is 2.41. The third-order valence-electron chi connectivity index (χ3n) is 2.46. The average molecular weight is 252 g/mol. The minimum Gasteiger partial charge on any atom is -0.347 e. The number of hydrogen-bond acceptors (Lipinski definition) is 0. The predicted molar refractivity (Wildman–Crippen MR) is 65.1 cm³/mol. The van der Waals surface area contributed by atoms with Gasteiger partial charge in [-0.3, -0.25) is 0 Å². The van der Waals surface area contributed by atoms with Crippen molar-refractivity contribution in [3.8, 4) is 0 Å². The average Bonchev–Trinajstić information content (AvgIpc) is 2.57. The van der Waals surface area contributed by atoms with E-state index in [1.807, 2.05) is 0 Å². The van der Waals surface area contributed by atoms with Crippen LogP contribution in [0.4, 0.5) is 0 Å². The van der Waals surface area contributed by atoms with Gasteiger partial charge in [0.1, 0.15) is 0 Å². The van der Waals surface area contributed by atoms with Crippen LogP contribution < -0.4 is 0 Å². The first-order valence-corrected chi connectivity index (χ1v) is 6.05. The zero-order valence-corrected chi connectivity index (χ0v) is 9.92. The monoisotopic (exact) mass is 251 g/mol. The maximum Gasteiger partial charge on any atom is 0.0480 e. The van der Waals surface area contributed by atoms with Gasteiger partial charge in [-0.05, 0) is 36.9 Å². The van der Waals surface area contributed by atoms with Gasteiger partial charge in [0, 0.05) is 23.6 Å². The standard InChI is InChI=1S/C12H14BrN/c1-10-3-4-12-11(9-10)5-8-14(12)7-2-6-13/h3-5,8-9H,2,6-7H2,1H3. The van der Waals surface area contributed by atoms with E-state index in [4.69, 9.17) is 0 Å². The molecule has 1 heterocycles. The second-order valence-electron chi connectivity index (χ2n) is 3.61. The highest BCUT2D eigenvalue weighted by molar-refractivity contribution is 9.09. The first-order valence-electron chi connectivity index (χ1n) is 4.93. The van der Waals surface area contributed by atoms with Gasteiger partial charge in [0.05, 0.1) is 0 Å². The summed E-state index contributed by atoms with van der Waals surface area (Å²) in [6, 6.07) is 8.81. The first kappa shape index (κ1) is 9.78. The van der Waals surface area contributed by atoms with E-state index in [2.05, 4.69) is 57.9 Å². The van der Waals surface area contributed by atoms with Crippen molar-refractivity contribution in [2.45, 2.75) is 19.9 Å². The molecule has 0 radical (unpaired) electrons. The highest BCUT2D eigenvalue weighted by atomic mass is 79.9. The van der Waals surface area contributed by atoms with Crippen LogP contribution in [0, 0.1) is 6.92 Å². The van der Waals surface area contributed by atoms with Crippen LogP contribution in [0.25, 0.3) is 10.9 Å². The molecule has 74 valence electrons.